The van der Waals surface area contributed by atoms with Crippen LogP contribution >= 0.6 is 23.2 Å². The van der Waals surface area contributed by atoms with Crippen LogP contribution in [0.4, 0.5) is 10.1 Å². The molecule has 4 aromatic carbocycles. The molecule has 1 fully saturated rings. The summed E-state index contributed by atoms with van der Waals surface area (Å²) in [6, 6.07) is 21.1. The van der Waals surface area contributed by atoms with E-state index in [1.165, 1.54) is 13.2 Å². The van der Waals surface area contributed by atoms with Crippen LogP contribution in [0.25, 0.3) is 10.9 Å². The minimum absolute atomic E-state index is 0.0287. The highest BCUT2D eigenvalue weighted by Gasteiger charge is 2.69. The molecule has 1 N–H and O–H groups in total. The Morgan fingerprint density at radius 3 is 2.71 bits per heavy atom. The van der Waals surface area contributed by atoms with Crippen LogP contribution in [-0.2, 0) is 28.0 Å². The molecule has 1 aromatic heterocycles. The lowest BCUT2D eigenvalue weighted by atomic mass is 9.73. The topological polar surface area (TPSA) is 85.7 Å². The van der Waals surface area contributed by atoms with E-state index in [-0.39, 0.29) is 17.0 Å². The molecule has 11 heteroatoms. The van der Waals surface area contributed by atoms with Crippen LogP contribution in [0.5, 0.6) is 5.75 Å². The maximum Gasteiger partial charge on any atom is 0.338 e. The van der Waals surface area contributed by atoms with Crippen LogP contribution in [0.2, 0.25) is 10.0 Å². The number of halogens is 3. The van der Waals surface area contributed by atoms with Crippen LogP contribution in [-0.4, -0.2) is 46.3 Å². The highest BCUT2D eigenvalue weighted by molar-refractivity contribution is 6.31. The van der Waals surface area contributed by atoms with Crippen molar-refractivity contribution < 1.29 is 23.5 Å². The Bertz CT molecular complexity index is 2170. The molecular formula is C37H31Cl2FN4O4. The number of anilines is 1. The number of nitrogens with zero attached hydrogens (tertiary/aromatic N) is 3. The number of methoxy groups -OCH3 is 1. The molecule has 3 aliphatic rings. The van der Waals surface area contributed by atoms with Gasteiger partial charge in [0, 0.05) is 52.3 Å². The number of carbonyl (C=O) groups is 2. The smallest absolute Gasteiger partial charge is 0.338 e. The SMILES string of the molecule is CCOc1cccc(CN2[C@H]3Cc4c5cc(C)c(C(=O)OC)cc5nn4[C@H]3[C@H](c3cccc(Cl)c3F)[C@]23C(=O)Nc2cc(Cl)ccc23)c1. The summed E-state index contributed by atoms with van der Waals surface area (Å²) in [5.41, 5.74) is 3.96. The molecule has 1 saturated heterocycles. The van der Waals surface area contributed by atoms with Gasteiger partial charge in [-0.1, -0.05) is 53.5 Å². The highest BCUT2D eigenvalue weighted by Crippen LogP contribution is 2.64. The second-order valence-corrected chi connectivity index (χ2v) is 13.4. The Morgan fingerprint density at radius 2 is 1.92 bits per heavy atom. The molecule has 0 unspecified atom stereocenters. The molecule has 4 heterocycles. The first-order valence-electron chi connectivity index (χ1n) is 15.8. The second-order valence-electron chi connectivity index (χ2n) is 12.6. The molecule has 0 saturated carbocycles. The van der Waals surface area contributed by atoms with Crippen molar-refractivity contribution in [3.05, 3.63) is 122 Å². The number of aromatic nitrogens is 2. The van der Waals surface area contributed by atoms with Gasteiger partial charge in [-0.05, 0) is 73.0 Å². The number of carbonyl (C=O) groups excluding carboxylic acids is 2. The molecule has 1 spiro atoms. The first-order valence-corrected chi connectivity index (χ1v) is 16.6. The Morgan fingerprint density at radius 1 is 1.10 bits per heavy atom. The number of hydrogen-bond donors (Lipinski definition) is 1. The monoisotopic (exact) mass is 684 g/mol. The van der Waals surface area contributed by atoms with E-state index in [4.69, 9.17) is 37.8 Å². The van der Waals surface area contributed by atoms with Crippen LogP contribution in [0.1, 0.15) is 57.2 Å². The van der Waals surface area contributed by atoms with Gasteiger partial charge < -0.3 is 14.8 Å². The molecule has 1 amide bonds. The van der Waals surface area contributed by atoms with Gasteiger partial charge in [0.15, 0.2) is 0 Å². The molecule has 8 nitrogen and oxygen atoms in total. The molecule has 0 radical (unpaired) electrons. The van der Waals surface area contributed by atoms with E-state index in [1.807, 2.05) is 54.9 Å². The van der Waals surface area contributed by atoms with Crippen LogP contribution < -0.4 is 10.1 Å². The number of esters is 1. The van der Waals surface area contributed by atoms with Crippen molar-refractivity contribution in [1.29, 1.82) is 0 Å². The highest BCUT2D eigenvalue weighted by atomic mass is 35.5. The summed E-state index contributed by atoms with van der Waals surface area (Å²) in [5.74, 6) is -1.33. The van der Waals surface area contributed by atoms with Crippen molar-refractivity contribution in [3.8, 4) is 5.75 Å². The molecular weight excluding hydrogens is 654 g/mol. The Hall–Kier alpha value is -4.44. The van der Waals surface area contributed by atoms with E-state index in [0.717, 1.165) is 28.0 Å². The van der Waals surface area contributed by atoms with E-state index < -0.39 is 29.3 Å². The zero-order valence-corrected chi connectivity index (χ0v) is 27.9. The molecule has 0 bridgehead atoms. The zero-order valence-electron chi connectivity index (χ0n) is 26.4. The summed E-state index contributed by atoms with van der Waals surface area (Å²) in [6.07, 6.45) is 0.528. The molecule has 8 rings (SSSR count). The summed E-state index contributed by atoms with van der Waals surface area (Å²) < 4.78 is 29.2. The number of benzene rings is 4. The first-order chi connectivity index (χ1) is 23.2. The molecule has 244 valence electrons. The Kier molecular flexibility index (Phi) is 7.28. The maximum absolute atomic E-state index is 16.4. The molecule has 48 heavy (non-hydrogen) atoms. The average molecular weight is 686 g/mol. The van der Waals surface area contributed by atoms with Gasteiger partial charge in [-0.3, -0.25) is 14.4 Å². The van der Waals surface area contributed by atoms with Crippen molar-refractivity contribution in [1.82, 2.24) is 14.7 Å². The summed E-state index contributed by atoms with van der Waals surface area (Å²) in [5, 5.41) is 9.51. The maximum atomic E-state index is 16.4. The van der Waals surface area contributed by atoms with Gasteiger partial charge in [0.05, 0.1) is 35.9 Å². The van der Waals surface area contributed by atoms with Crippen molar-refractivity contribution in [2.75, 3.05) is 19.0 Å². The number of likely N-dealkylation sites (tertiary alicyclic amines) is 1. The zero-order chi connectivity index (χ0) is 33.5. The van der Waals surface area contributed by atoms with E-state index in [1.54, 1.807) is 30.3 Å². The van der Waals surface area contributed by atoms with E-state index in [9.17, 15) is 9.59 Å². The number of fused-ring (bicyclic) bond motifs is 7. The van der Waals surface area contributed by atoms with Gasteiger partial charge in [0.2, 0.25) is 5.91 Å². The number of aryl methyl sites for hydroxylation is 1. The van der Waals surface area contributed by atoms with Crippen LogP contribution in [0.3, 0.4) is 0 Å². The van der Waals surface area contributed by atoms with Gasteiger partial charge in [-0.2, -0.15) is 5.10 Å². The predicted octanol–water partition coefficient (Wildman–Crippen LogP) is 7.59. The summed E-state index contributed by atoms with van der Waals surface area (Å²) in [4.78, 5) is 29.6. The average Bonchev–Trinajstić information content (AvgIpc) is 3.76. The number of ether oxygens (including phenoxy) is 2. The fourth-order valence-corrected chi connectivity index (χ4v) is 8.67. The normalized spacial score (nSPS) is 22.5. The molecule has 3 aliphatic heterocycles. The third-order valence-electron chi connectivity index (χ3n) is 10.1. The molecule has 5 aromatic rings. The second kappa shape index (κ2) is 11.3. The van der Waals surface area contributed by atoms with E-state index in [0.29, 0.717) is 52.5 Å². The summed E-state index contributed by atoms with van der Waals surface area (Å²) in [7, 11) is 1.35. The molecule has 4 atom stereocenters. The third-order valence-corrected chi connectivity index (χ3v) is 10.7. The lowest BCUT2D eigenvalue weighted by Gasteiger charge is -2.40. The quantitative estimate of drug-likeness (QED) is 0.186. The van der Waals surface area contributed by atoms with Crippen molar-refractivity contribution in [2.24, 2.45) is 0 Å². The van der Waals surface area contributed by atoms with E-state index >= 15 is 4.39 Å². The lowest BCUT2D eigenvalue weighted by Crippen LogP contribution is -2.52. The largest absolute Gasteiger partial charge is 0.494 e. The fraction of sp³-hybridized carbons (Fsp3) is 0.270. The Balaban J connectivity index is 1.40. The van der Waals surface area contributed by atoms with Crippen LogP contribution in [0.15, 0.2) is 72.8 Å². The predicted molar refractivity (Wildman–Crippen MR) is 181 cm³/mol. The van der Waals surface area contributed by atoms with Crippen molar-refractivity contribution >= 4 is 51.7 Å². The molecule has 0 aliphatic carbocycles. The fourth-order valence-electron chi connectivity index (χ4n) is 8.31. The third kappa shape index (κ3) is 4.34. The minimum Gasteiger partial charge on any atom is -0.494 e. The number of rotatable bonds is 6. The van der Waals surface area contributed by atoms with Gasteiger partial charge in [0.1, 0.15) is 17.1 Å². The first kappa shape index (κ1) is 30.9. The van der Waals surface area contributed by atoms with Crippen LogP contribution in [0, 0.1) is 12.7 Å². The van der Waals surface area contributed by atoms with Gasteiger partial charge in [-0.25, -0.2) is 9.18 Å². The van der Waals surface area contributed by atoms with Gasteiger partial charge >= 0.3 is 5.97 Å². The summed E-state index contributed by atoms with van der Waals surface area (Å²) >= 11 is 12.9. The van der Waals surface area contributed by atoms with Gasteiger partial charge in [0.25, 0.3) is 0 Å². The minimum atomic E-state index is -1.36. The number of amides is 1. The lowest BCUT2D eigenvalue weighted by molar-refractivity contribution is -0.128. The standard InChI is InChI=1S/C37H31Cl2FN4O4/c1-4-48-22-8-5-7-20(14-22)18-43-31-17-30-25-13-19(2)24(35(45)47-3)16-28(25)42-44(30)34(31)32(23-9-6-10-27(39)33(23)40)37(43)26-12-11-21(38)15-29(26)41-36(37)46/h5-16,31-32,34H,4,17-18H2,1-3H3,(H,41,46)/t31-,32-,34+,37+/m0/s1. The number of hydrogen-bond acceptors (Lipinski definition) is 6. The Labute approximate surface area is 286 Å². The summed E-state index contributed by atoms with van der Waals surface area (Å²) in [6.45, 7) is 4.68. The van der Waals surface area contributed by atoms with Crippen molar-refractivity contribution in [2.45, 2.75) is 50.4 Å². The van der Waals surface area contributed by atoms with Crippen molar-refractivity contribution in [3.63, 3.8) is 0 Å². The number of nitrogens with one attached hydrogen (secondary N) is 1. The van der Waals surface area contributed by atoms with E-state index in [2.05, 4.69) is 10.2 Å². The van der Waals surface area contributed by atoms with Gasteiger partial charge in [-0.15, -0.1) is 0 Å².